The van der Waals surface area contributed by atoms with E-state index < -0.39 is 10.7 Å². The minimum Gasteiger partial charge on any atom is -0.506 e. The van der Waals surface area contributed by atoms with Crippen LogP contribution < -0.4 is 5.73 Å². The van der Waals surface area contributed by atoms with E-state index in [0.717, 1.165) is 18.4 Å². The predicted octanol–water partition coefficient (Wildman–Crippen LogP) is 1.64. The highest BCUT2D eigenvalue weighted by molar-refractivity contribution is 6.13. The van der Waals surface area contributed by atoms with Gasteiger partial charge in [-0.05, 0) is 12.1 Å². The number of hydrogen-bond acceptors (Lipinski definition) is 6. The predicted molar refractivity (Wildman–Crippen MR) is 63.8 cm³/mol. The number of benzene rings is 1. The van der Waals surface area contributed by atoms with Crippen LogP contribution in [0, 0.1) is 20.9 Å². The summed E-state index contributed by atoms with van der Waals surface area (Å²) in [5.74, 6) is -0.479. The van der Waals surface area contributed by atoms with E-state index >= 15 is 0 Å². The molecule has 0 spiro atoms. The summed E-state index contributed by atoms with van der Waals surface area (Å²) in [6.07, 6.45) is 1.79. The molecule has 0 aliphatic heterocycles. The van der Waals surface area contributed by atoms with Crippen LogP contribution in [0.3, 0.4) is 0 Å². The number of rotatable bonds is 4. The molecule has 0 fully saturated rings. The summed E-state index contributed by atoms with van der Waals surface area (Å²) in [6.45, 7) is 0. The largest absolute Gasteiger partial charge is 0.506 e. The van der Waals surface area contributed by atoms with Gasteiger partial charge in [0, 0.05) is 29.6 Å². The smallest absolute Gasteiger partial charge is 0.270 e. The van der Waals surface area contributed by atoms with E-state index in [1.54, 1.807) is 0 Å². The Kier molecular flexibility index (Phi) is 3.55. The van der Waals surface area contributed by atoms with Crippen molar-refractivity contribution in [2.45, 2.75) is 0 Å². The Labute approximate surface area is 96.4 Å². The van der Waals surface area contributed by atoms with Gasteiger partial charge in [-0.1, -0.05) is 0 Å². The summed E-state index contributed by atoms with van der Waals surface area (Å²) in [5, 5.41) is 34.3. The number of nitro groups is 1. The van der Waals surface area contributed by atoms with Crippen molar-refractivity contribution in [2.75, 3.05) is 5.73 Å². The van der Waals surface area contributed by atoms with Crippen LogP contribution in [0.25, 0.3) is 0 Å². The van der Waals surface area contributed by atoms with Crippen LogP contribution in [0.2, 0.25) is 0 Å². The van der Waals surface area contributed by atoms with E-state index in [1.165, 1.54) is 12.1 Å². The monoisotopic (exact) mass is 234 g/mol. The number of nitrogens with one attached hydrogen (secondary N) is 2. The van der Waals surface area contributed by atoms with Crippen molar-refractivity contribution in [1.82, 2.24) is 0 Å². The maximum absolute atomic E-state index is 10.6. The van der Waals surface area contributed by atoms with Crippen LogP contribution in [0.15, 0.2) is 30.0 Å². The van der Waals surface area contributed by atoms with Crippen molar-refractivity contribution >= 4 is 23.3 Å². The van der Waals surface area contributed by atoms with Crippen molar-refractivity contribution in [3.63, 3.8) is 0 Å². The van der Waals surface area contributed by atoms with E-state index in [1.807, 2.05) is 0 Å². The average Bonchev–Trinajstić information content (AvgIpc) is 2.28. The van der Waals surface area contributed by atoms with E-state index in [9.17, 15) is 15.2 Å². The van der Waals surface area contributed by atoms with E-state index in [2.05, 4.69) is 0 Å². The van der Waals surface area contributed by atoms with Crippen LogP contribution in [-0.2, 0) is 0 Å². The minimum atomic E-state index is -0.617. The zero-order chi connectivity index (χ0) is 13.0. The second kappa shape index (κ2) is 4.88. The lowest BCUT2D eigenvalue weighted by molar-refractivity contribution is -0.384. The Morgan fingerprint density at radius 2 is 2.18 bits per heavy atom. The maximum atomic E-state index is 10.6. The molecule has 0 bridgehead atoms. The molecule has 0 aromatic heterocycles. The molecule has 0 aliphatic rings. The first-order valence-corrected chi connectivity index (χ1v) is 4.50. The van der Waals surface area contributed by atoms with Gasteiger partial charge in [-0.3, -0.25) is 15.5 Å². The van der Waals surface area contributed by atoms with E-state index in [4.69, 9.17) is 16.6 Å². The highest BCUT2D eigenvalue weighted by Crippen LogP contribution is 2.21. The van der Waals surface area contributed by atoms with Gasteiger partial charge in [-0.25, -0.2) is 0 Å². The second-order valence-corrected chi connectivity index (χ2v) is 3.12. The Balaban J connectivity index is 3.26. The molecule has 0 aliphatic carbocycles. The second-order valence-electron chi connectivity index (χ2n) is 3.12. The number of aliphatic hydroxyl groups is 1. The van der Waals surface area contributed by atoms with Gasteiger partial charge in [0.1, 0.15) is 11.5 Å². The zero-order valence-electron chi connectivity index (χ0n) is 8.68. The van der Waals surface area contributed by atoms with Crippen LogP contribution in [-0.4, -0.2) is 22.0 Å². The summed E-state index contributed by atoms with van der Waals surface area (Å²) < 4.78 is 0. The lowest BCUT2D eigenvalue weighted by atomic mass is 10.1. The fourth-order valence-corrected chi connectivity index (χ4v) is 1.17. The molecule has 0 unspecified atom stereocenters. The first kappa shape index (κ1) is 12.4. The normalized spacial score (nSPS) is 10.9. The Morgan fingerprint density at radius 3 is 2.71 bits per heavy atom. The molecule has 88 valence electrons. The Hall–Kier alpha value is -2.70. The Bertz CT molecular complexity index is 522. The van der Waals surface area contributed by atoms with Gasteiger partial charge in [0.15, 0.2) is 0 Å². The molecule has 0 atom stereocenters. The van der Waals surface area contributed by atoms with Crippen molar-refractivity contribution < 1.29 is 10.0 Å². The summed E-state index contributed by atoms with van der Waals surface area (Å²) in [5.41, 5.74) is 5.17. The quantitative estimate of drug-likeness (QED) is 0.207. The molecule has 0 saturated heterocycles. The highest BCUT2D eigenvalue weighted by Gasteiger charge is 2.14. The molecule has 5 N–H and O–H groups in total. The topological polar surface area (TPSA) is 137 Å². The van der Waals surface area contributed by atoms with Crippen LogP contribution in [0.1, 0.15) is 5.56 Å². The molecule has 0 heterocycles. The summed E-state index contributed by atoms with van der Waals surface area (Å²) in [7, 11) is 0. The van der Waals surface area contributed by atoms with Gasteiger partial charge in [0.25, 0.3) is 5.69 Å². The maximum Gasteiger partial charge on any atom is 0.270 e. The summed E-state index contributed by atoms with van der Waals surface area (Å²) in [4.78, 5) is 9.95. The third kappa shape index (κ3) is 2.65. The third-order valence-corrected chi connectivity index (χ3v) is 2.01. The standard InChI is InChI=1S/C10H10N4O3/c11-4-3-9(15)10(13)7-5-6(14(16)17)1-2-8(7)12/h1-5,11,13,15H,12H2/b9-3-,11-4?,13-10?. The van der Waals surface area contributed by atoms with E-state index in [-0.39, 0.29) is 22.6 Å². The number of aliphatic hydroxyl groups excluding tert-OH is 1. The zero-order valence-corrected chi connectivity index (χ0v) is 8.68. The first-order chi connectivity index (χ1) is 7.97. The SMILES string of the molecule is N=C/C=C(\O)C(=N)c1cc([N+](=O)[O-])ccc1N. The molecular formula is C10H10N4O3. The van der Waals surface area contributed by atoms with Crippen LogP contribution in [0.5, 0.6) is 0 Å². The molecule has 1 aromatic carbocycles. The molecule has 0 radical (unpaired) electrons. The molecule has 0 amide bonds. The number of allylic oxidation sites excluding steroid dienone is 2. The number of hydrogen-bond donors (Lipinski definition) is 4. The van der Waals surface area contributed by atoms with Crippen molar-refractivity contribution in [3.8, 4) is 0 Å². The van der Waals surface area contributed by atoms with Gasteiger partial charge in [-0.2, -0.15) is 0 Å². The number of nitrogen functional groups attached to an aromatic ring is 1. The molecular weight excluding hydrogens is 224 g/mol. The lowest BCUT2D eigenvalue weighted by Gasteiger charge is -2.06. The van der Waals surface area contributed by atoms with Crippen molar-refractivity contribution in [2.24, 2.45) is 0 Å². The summed E-state index contributed by atoms with van der Waals surface area (Å²) >= 11 is 0. The number of nitrogens with zero attached hydrogens (tertiary/aromatic N) is 1. The van der Waals surface area contributed by atoms with Crippen molar-refractivity contribution in [3.05, 3.63) is 45.7 Å². The number of nitro benzene ring substituents is 1. The molecule has 1 aromatic rings. The van der Waals surface area contributed by atoms with Crippen molar-refractivity contribution in [1.29, 1.82) is 10.8 Å². The fourth-order valence-electron chi connectivity index (χ4n) is 1.17. The molecule has 0 saturated carbocycles. The number of anilines is 1. The van der Waals surface area contributed by atoms with Gasteiger partial charge in [0.05, 0.1) is 4.92 Å². The van der Waals surface area contributed by atoms with E-state index in [0.29, 0.717) is 0 Å². The molecule has 17 heavy (non-hydrogen) atoms. The lowest BCUT2D eigenvalue weighted by Crippen LogP contribution is -2.07. The summed E-state index contributed by atoms with van der Waals surface area (Å²) in [6, 6.07) is 3.61. The number of non-ortho nitro benzene ring substituents is 1. The van der Waals surface area contributed by atoms with Gasteiger partial charge < -0.3 is 16.2 Å². The molecule has 1 rings (SSSR count). The number of nitrogens with two attached hydrogens (primary N) is 1. The van der Waals surface area contributed by atoms with Gasteiger partial charge >= 0.3 is 0 Å². The van der Waals surface area contributed by atoms with Gasteiger partial charge in [0.2, 0.25) is 0 Å². The third-order valence-electron chi connectivity index (χ3n) is 2.01. The highest BCUT2D eigenvalue weighted by atomic mass is 16.6. The molecule has 7 heteroatoms. The Morgan fingerprint density at radius 1 is 1.53 bits per heavy atom. The molecule has 7 nitrogen and oxygen atoms in total. The van der Waals surface area contributed by atoms with Crippen LogP contribution >= 0.6 is 0 Å². The van der Waals surface area contributed by atoms with Crippen LogP contribution in [0.4, 0.5) is 11.4 Å². The first-order valence-electron chi connectivity index (χ1n) is 4.50. The average molecular weight is 234 g/mol. The minimum absolute atomic E-state index is 0.0507. The fraction of sp³-hybridized carbons (Fsp3) is 0. The van der Waals surface area contributed by atoms with Gasteiger partial charge in [-0.15, -0.1) is 0 Å².